The maximum Gasteiger partial charge on any atom is 0.123 e. The molecule has 1 N–H and O–H groups in total. The van der Waals surface area contributed by atoms with Crippen LogP contribution in [0.4, 0.5) is 0 Å². The van der Waals surface area contributed by atoms with Gasteiger partial charge in [-0.05, 0) is 44.7 Å². The topological polar surface area (TPSA) is 21.3 Å². The van der Waals surface area contributed by atoms with Gasteiger partial charge >= 0.3 is 0 Å². The van der Waals surface area contributed by atoms with Gasteiger partial charge in [-0.2, -0.15) is 11.8 Å². The summed E-state index contributed by atoms with van der Waals surface area (Å²) in [4.78, 5) is 0. The van der Waals surface area contributed by atoms with Gasteiger partial charge in [-0.15, -0.1) is 0 Å². The van der Waals surface area contributed by atoms with Crippen molar-refractivity contribution in [2.24, 2.45) is 0 Å². The number of rotatable bonds is 7. The monoisotopic (exact) mass is 301 g/mol. The molecule has 0 radical (unpaired) electrons. The molecular formula is C15H24ClNOS. The molecule has 1 aromatic rings. The van der Waals surface area contributed by atoms with E-state index in [0.717, 1.165) is 41.0 Å². The number of nitrogens with one attached hydrogen (secondary N) is 1. The van der Waals surface area contributed by atoms with Crippen molar-refractivity contribution in [2.45, 2.75) is 39.8 Å². The van der Waals surface area contributed by atoms with E-state index < -0.39 is 0 Å². The minimum absolute atomic E-state index is 0.0810. The van der Waals surface area contributed by atoms with E-state index in [1.54, 1.807) is 0 Å². The maximum atomic E-state index is 6.06. The summed E-state index contributed by atoms with van der Waals surface area (Å²) in [6.45, 7) is 10.1. The SMILES string of the molecule is CCSCCOc1ccc(Cl)cc1CNC(C)(C)C. The smallest absolute Gasteiger partial charge is 0.123 e. The van der Waals surface area contributed by atoms with Crippen molar-refractivity contribution >= 4 is 23.4 Å². The Labute approximate surface area is 126 Å². The molecule has 4 heteroatoms. The van der Waals surface area contributed by atoms with Crippen molar-refractivity contribution in [3.05, 3.63) is 28.8 Å². The molecule has 0 aliphatic rings. The van der Waals surface area contributed by atoms with E-state index in [9.17, 15) is 0 Å². The molecule has 108 valence electrons. The first-order valence-electron chi connectivity index (χ1n) is 6.66. The molecule has 0 spiro atoms. The van der Waals surface area contributed by atoms with Crippen LogP contribution in [0.5, 0.6) is 5.75 Å². The summed E-state index contributed by atoms with van der Waals surface area (Å²) in [6.07, 6.45) is 0. The first kappa shape index (κ1) is 16.7. The fourth-order valence-electron chi connectivity index (χ4n) is 1.54. The first-order valence-corrected chi connectivity index (χ1v) is 8.19. The molecule has 1 rings (SSSR count). The highest BCUT2D eigenvalue weighted by Gasteiger charge is 2.11. The minimum atomic E-state index is 0.0810. The van der Waals surface area contributed by atoms with Crippen LogP contribution in [0.3, 0.4) is 0 Å². The summed E-state index contributed by atoms with van der Waals surface area (Å²) >= 11 is 7.95. The van der Waals surface area contributed by atoms with Gasteiger partial charge in [0.15, 0.2) is 0 Å². The van der Waals surface area contributed by atoms with Crippen molar-refractivity contribution < 1.29 is 4.74 Å². The van der Waals surface area contributed by atoms with Crippen LogP contribution in [0.2, 0.25) is 5.02 Å². The lowest BCUT2D eigenvalue weighted by atomic mass is 10.1. The Morgan fingerprint density at radius 3 is 2.68 bits per heavy atom. The number of ether oxygens (including phenoxy) is 1. The van der Waals surface area contributed by atoms with Gasteiger partial charge in [-0.3, -0.25) is 0 Å². The molecule has 0 fully saturated rings. The van der Waals surface area contributed by atoms with Gasteiger partial charge in [0.25, 0.3) is 0 Å². The van der Waals surface area contributed by atoms with Crippen LogP contribution in [0, 0.1) is 0 Å². The van der Waals surface area contributed by atoms with Gasteiger partial charge in [0.05, 0.1) is 6.61 Å². The van der Waals surface area contributed by atoms with E-state index in [-0.39, 0.29) is 5.54 Å². The van der Waals surface area contributed by atoms with Gasteiger partial charge < -0.3 is 10.1 Å². The lowest BCUT2D eigenvalue weighted by Gasteiger charge is -2.21. The van der Waals surface area contributed by atoms with E-state index in [1.165, 1.54) is 0 Å². The Balaban J connectivity index is 2.63. The molecular weight excluding hydrogens is 278 g/mol. The molecule has 0 heterocycles. The van der Waals surface area contributed by atoms with E-state index in [4.69, 9.17) is 16.3 Å². The molecule has 19 heavy (non-hydrogen) atoms. The average Bonchev–Trinajstić information content (AvgIpc) is 2.33. The summed E-state index contributed by atoms with van der Waals surface area (Å²) in [5.41, 5.74) is 1.20. The predicted octanol–water partition coefficient (Wildman–Crippen LogP) is 4.36. The van der Waals surface area contributed by atoms with Crippen molar-refractivity contribution in [2.75, 3.05) is 18.1 Å². The van der Waals surface area contributed by atoms with Crippen LogP contribution in [0.15, 0.2) is 18.2 Å². The number of halogens is 1. The number of thioether (sulfide) groups is 1. The average molecular weight is 302 g/mol. The molecule has 1 aromatic carbocycles. The normalized spacial score (nSPS) is 11.6. The zero-order valence-electron chi connectivity index (χ0n) is 12.3. The van der Waals surface area contributed by atoms with Crippen molar-refractivity contribution in [1.82, 2.24) is 5.32 Å². The van der Waals surface area contributed by atoms with Gasteiger partial charge in [0.2, 0.25) is 0 Å². The van der Waals surface area contributed by atoms with Crippen molar-refractivity contribution in [3.8, 4) is 5.75 Å². The molecule has 0 aliphatic carbocycles. The summed E-state index contributed by atoms with van der Waals surface area (Å²) in [5.74, 6) is 3.08. The molecule has 0 saturated heterocycles. The van der Waals surface area contributed by atoms with Gasteiger partial charge in [0, 0.05) is 28.4 Å². The largest absolute Gasteiger partial charge is 0.492 e. The van der Waals surface area contributed by atoms with Gasteiger partial charge in [0.1, 0.15) is 5.75 Å². The Kier molecular flexibility index (Phi) is 7.05. The predicted molar refractivity (Wildman–Crippen MR) is 86.5 cm³/mol. The fourth-order valence-corrected chi connectivity index (χ4v) is 2.23. The second-order valence-electron chi connectivity index (χ2n) is 5.40. The third kappa shape index (κ3) is 7.09. The van der Waals surface area contributed by atoms with Crippen LogP contribution >= 0.6 is 23.4 Å². The van der Waals surface area contributed by atoms with Gasteiger partial charge in [-0.25, -0.2) is 0 Å². The Morgan fingerprint density at radius 1 is 1.32 bits per heavy atom. The van der Waals surface area contributed by atoms with E-state index in [1.807, 2.05) is 30.0 Å². The fraction of sp³-hybridized carbons (Fsp3) is 0.600. The Bertz CT molecular complexity index is 390. The Morgan fingerprint density at radius 2 is 2.05 bits per heavy atom. The molecule has 0 unspecified atom stereocenters. The zero-order chi connectivity index (χ0) is 14.3. The molecule has 0 bridgehead atoms. The lowest BCUT2D eigenvalue weighted by Crippen LogP contribution is -2.35. The molecule has 0 aliphatic heterocycles. The second-order valence-corrected chi connectivity index (χ2v) is 7.23. The third-order valence-corrected chi connectivity index (χ3v) is 3.62. The van der Waals surface area contributed by atoms with Crippen LogP contribution in [-0.4, -0.2) is 23.7 Å². The van der Waals surface area contributed by atoms with Crippen molar-refractivity contribution in [3.63, 3.8) is 0 Å². The minimum Gasteiger partial charge on any atom is -0.492 e. The quantitative estimate of drug-likeness (QED) is 0.756. The van der Waals surface area contributed by atoms with E-state index >= 15 is 0 Å². The van der Waals surface area contributed by atoms with Crippen LogP contribution in [0.1, 0.15) is 33.3 Å². The van der Waals surface area contributed by atoms with Gasteiger partial charge in [-0.1, -0.05) is 18.5 Å². The number of hydrogen-bond donors (Lipinski definition) is 1. The highest BCUT2D eigenvalue weighted by molar-refractivity contribution is 7.99. The Hall–Kier alpha value is -0.380. The van der Waals surface area contributed by atoms with Crippen molar-refractivity contribution in [1.29, 1.82) is 0 Å². The molecule has 0 amide bonds. The molecule has 0 atom stereocenters. The number of hydrogen-bond acceptors (Lipinski definition) is 3. The summed E-state index contributed by atoms with van der Waals surface area (Å²) < 4.78 is 5.84. The maximum absolute atomic E-state index is 6.06. The van der Waals surface area contributed by atoms with Crippen LogP contribution in [-0.2, 0) is 6.54 Å². The third-order valence-electron chi connectivity index (χ3n) is 2.52. The molecule has 0 aromatic heterocycles. The highest BCUT2D eigenvalue weighted by Crippen LogP contribution is 2.23. The van der Waals surface area contributed by atoms with Crippen LogP contribution in [0.25, 0.3) is 0 Å². The molecule has 2 nitrogen and oxygen atoms in total. The summed E-state index contributed by atoms with van der Waals surface area (Å²) in [5, 5.41) is 4.21. The lowest BCUT2D eigenvalue weighted by molar-refractivity contribution is 0.335. The van der Waals surface area contributed by atoms with Crippen LogP contribution < -0.4 is 10.1 Å². The zero-order valence-corrected chi connectivity index (χ0v) is 13.8. The van der Waals surface area contributed by atoms with E-state index in [2.05, 4.69) is 33.0 Å². The first-order chi connectivity index (χ1) is 8.92. The highest BCUT2D eigenvalue weighted by atomic mass is 35.5. The van der Waals surface area contributed by atoms with E-state index in [0.29, 0.717) is 0 Å². The summed E-state index contributed by atoms with van der Waals surface area (Å²) in [7, 11) is 0. The number of benzene rings is 1. The molecule has 0 saturated carbocycles. The summed E-state index contributed by atoms with van der Waals surface area (Å²) in [6, 6.07) is 5.81. The standard InChI is InChI=1S/C15H24ClNOS/c1-5-19-9-8-18-14-7-6-13(16)10-12(14)11-17-15(2,3)4/h6-7,10,17H,5,8-9,11H2,1-4H3. The second kappa shape index (κ2) is 8.03.